The molecule has 1 rings (SSSR count). The van der Waals surface area contributed by atoms with Crippen molar-refractivity contribution >= 4 is 11.7 Å². The Hall–Kier alpha value is -1.62. The Morgan fingerprint density at radius 3 is 2.81 bits per heavy atom. The zero-order chi connectivity index (χ0) is 12.1. The highest BCUT2D eigenvalue weighted by Crippen LogP contribution is 2.17. The molecule has 0 saturated carbocycles. The van der Waals surface area contributed by atoms with Gasteiger partial charge >= 0.3 is 5.97 Å². The van der Waals surface area contributed by atoms with E-state index in [9.17, 15) is 9.18 Å². The number of benzene rings is 1. The molecule has 4 nitrogen and oxygen atoms in total. The maximum absolute atomic E-state index is 13.5. The highest BCUT2D eigenvalue weighted by Gasteiger charge is 2.15. The number of aryl methyl sites for hydroxylation is 1. The molecule has 16 heavy (non-hydrogen) atoms. The second-order valence-corrected chi connectivity index (χ2v) is 3.24. The van der Waals surface area contributed by atoms with Crippen LogP contribution in [0.3, 0.4) is 0 Å². The van der Waals surface area contributed by atoms with Gasteiger partial charge in [0.25, 0.3) is 0 Å². The summed E-state index contributed by atoms with van der Waals surface area (Å²) in [5.74, 6) is -1.39. The fraction of sp³-hybridized carbons (Fsp3) is 0.364. The number of hydrogen-bond acceptors (Lipinski definition) is 4. The van der Waals surface area contributed by atoms with Crippen LogP contribution in [0.4, 0.5) is 10.1 Å². The molecule has 1 aromatic rings. The van der Waals surface area contributed by atoms with Gasteiger partial charge in [0.05, 0.1) is 5.56 Å². The second kappa shape index (κ2) is 5.46. The summed E-state index contributed by atoms with van der Waals surface area (Å²) in [5, 5.41) is 0. The smallest absolute Gasteiger partial charge is 0.343 e. The molecule has 88 valence electrons. The summed E-state index contributed by atoms with van der Waals surface area (Å²) < 4.78 is 23.1. The maximum atomic E-state index is 13.5. The Balaban J connectivity index is 2.82. The molecular weight excluding hydrogens is 213 g/mol. The van der Waals surface area contributed by atoms with Gasteiger partial charge in [0.1, 0.15) is 5.82 Å². The number of esters is 1. The van der Waals surface area contributed by atoms with Gasteiger partial charge in [-0.05, 0) is 31.5 Å². The molecule has 0 aliphatic heterocycles. The number of carbonyl (C=O) groups excluding carboxylic acids is 1. The molecule has 0 spiro atoms. The monoisotopic (exact) mass is 227 g/mol. The SMILES string of the molecule is CCOCOC(=O)c1cc(N)cc(C)c1F. The number of hydrogen-bond donors (Lipinski definition) is 1. The number of carbonyl (C=O) groups is 1. The summed E-state index contributed by atoms with van der Waals surface area (Å²) in [6.07, 6.45) is 0. The predicted octanol–water partition coefficient (Wildman–Crippen LogP) is 1.87. The number of nitrogens with two attached hydrogens (primary N) is 1. The minimum Gasteiger partial charge on any atom is -0.435 e. The third-order valence-corrected chi connectivity index (χ3v) is 1.97. The highest BCUT2D eigenvalue weighted by atomic mass is 19.1. The Morgan fingerprint density at radius 1 is 1.50 bits per heavy atom. The Morgan fingerprint density at radius 2 is 2.19 bits per heavy atom. The predicted molar refractivity (Wildman–Crippen MR) is 57.5 cm³/mol. The minimum absolute atomic E-state index is 0.169. The van der Waals surface area contributed by atoms with Gasteiger partial charge in [-0.15, -0.1) is 0 Å². The topological polar surface area (TPSA) is 61.5 Å². The Bertz CT molecular complexity index is 393. The summed E-state index contributed by atoms with van der Waals surface area (Å²) in [7, 11) is 0. The van der Waals surface area contributed by atoms with Gasteiger partial charge in [-0.25, -0.2) is 9.18 Å². The molecular formula is C11H14FNO3. The van der Waals surface area contributed by atoms with Crippen LogP contribution in [0.25, 0.3) is 0 Å². The first-order chi connectivity index (χ1) is 7.56. The van der Waals surface area contributed by atoms with Crippen molar-refractivity contribution in [3.63, 3.8) is 0 Å². The number of halogens is 1. The van der Waals surface area contributed by atoms with E-state index >= 15 is 0 Å². The van der Waals surface area contributed by atoms with Crippen molar-refractivity contribution in [3.05, 3.63) is 29.1 Å². The van der Waals surface area contributed by atoms with Gasteiger partial charge in [0, 0.05) is 12.3 Å². The van der Waals surface area contributed by atoms with Crippen LogP contribution >= 0.6 is 0 Å². The number of anilines is 1. The molecule has 0 unspecified atom stereocenters. The van der Waals surface area contributed by atoms with Crippen molar-refractivity contribution in [3.8, 4) is 0 Å². The highest BCUT2D eigenvalue weighted by molar-refractivity contribution is 5.91. The van der Waals surface area contributed by atoms with Gasteiger partial charge in [-0.2, -0.15) is 0 Å². The van der Waals surface area contributed by atoms with Gasteiger partial charge in [0.15, 0.2) is 6.79 Å². The third kappa shape index (κ3) is 2.93. The van der Waals surface area contributed by atoms with E-state index in [0.717, 1.165) is 0 Å². The number of rotatable bonds is 4. The third-order valence-electron chi connectivity index (χ3n) is 1.97. The van der Waals surface area contributed by atoms with E-state index in [1.54, 1.807) is 6.92 Å². The normalized spacial score (nSPS) is 10.2. The quantitative estimate of drug-likeness (QED) is 0.369. The molecule has 0 heterocycles. The Kier molecular flexibility index (Phi) is 4.25. The largest absolute Gasteiger partial charge is 0.435 e. The van der Waals surface area contributed by atoms with E-state index in [4.69, 9.17) is 15.2 Å². The van der Waals surface area contributed by atoms with Crippen molar-refractivity contribution in [1.82, 2.24) is 0 Å². The minimum atomic E-state index is -0.777. The molecule has 0 aliphatic carbocycles. The summed E-state index contributed by atoms with van der Waals surface area (Å²) in [5.41, 5.74) is 5.98. The Labute approximate surface area is 93.2 Å². The molecule has 0 radical (unpaired) electrons. The van der Waals surface area contributed by atoms with Gasteiger partial charge in [0.2, 0.25) is 0 Å². The first kappa shape index (κ1) is 12.4. The first-order valence-electron chi connectivity index (χ1n) is 4.86. The molecule has 1 aromatic carbocycles. The van der Waals surface area contributed by atoms with Crippen LogP contribution in [0.5, 0.6) is 0 Å². The van der Waals surface area contributed by atoms with Crippen molar-refractivity contribution in [2.24, 2.45) is 0 Å². The van der Waals surface area contributed by atoms with E-state index in [1.807, 2.05) is 0 Å². The molecule has 0 fully saturated rings. The van der Waals surface area contributed by atoms with Crippen molar-refractivity contribution in [1.29, 1.82) is 0 Å². The lowest BCUT2D eigenvalue weighted by Gasteiger charge is -2.07. The van der Waals surface area contributed by atoms with Crippen LogP contribution in [0.1, 0.15) is 22.8 Å². The van der Waals surface area contributed by atoms with E-state index in [2.05, 4.69) is 0 Å². The van der Waals surface area contributed by atoms with Crippen LogP contribution in [-0.2, 0) is 9.47 Å². The van der Waals surface area contributed by atoms with Crippen molar-refractivity contribution in [2.75, 3.05) is 19.1 Å². The standard InChI is InChI=1S/C11H14FNO3/c1-3-15-6-16-11(14)9-5-8(13)4-7(2)10(9)12/h4-5H,3,6,13H2,1-2H3. The number of nitrogen functional groups attached to an aromatic ring is 1. The maximum Gasteiger partial charge on any atom is 0.343 e. The van der Waals surface area contributed by atoms with E-state index in [-0.39, 0.29) is 12.4 Å². The molecule has 0 atom stereocenters. The molecule has 0 bridgehead atoms. The fourth-order valence-electron chi connectivity index (χ4n) is 1.20. The molecule has 0 amide bonds. The van der Waals surface area contributed by atoms with E-state index in [1.165, 1.54) is 19.1 Å². The van der Waals surface area contributed by atoms with Crippen molar-refractivity contribution < 1.29 is 18.7 Å². The van der Waals surface area contributed by atoms with Gasteiger partial charge in [-0.1, -0.05) is 0 Å². The average molecular weight is 227 g/mol. The molecule has 0 aromatic heterocycles. The van der Waals surface area contributed by atoms with Crippen molar-refractivity contribution in [2.45, 2.75) is 13.8 Å². The van der Waals surface area contributed by atoms with Gasteiger partial charge < -0.3 is 15.2 Å². The lowest BCUT2D eigenvalue weighted by molar-refractivity contribution is -0.0277. The fourth-order valence-corrected chi connectivity index (χ4v) is 1.20. The summed E-state index contributed by atoms with van der Waals surface area (Å²) in [6, 6.07) is 2.70. The summed E-state index contributed by atoms with van der Waals surface area (Å²) in [4.78, 5) is 11.4. The molecule has 5 heteroatoms. The van der Waals surface area contributed by atoms with E-state index in [0.29, 0.717) is 17.9 Å². The lowest BCUT2D eigenvalue weighted by atomic mass is 10.1. The number of ether oxygens (including phenoxy) is 2. The summed E-state index contributed by atoms with van der Waals surface area (Å²) >= 11 is 0. The first-order valence-corrected chi connectivity index (χ1v) is 4.86. The van der Waals surface area contributed by atoms with E-state index < -0.39 is 11.8 Å². The van der Waals surface area contributed by atoms with Crippen LogP contribution in [0, 0.1) is 12.7 Å². The zero-order valence-corrected chi connectivity index (χ0v) is 9.25. The molecule has 0 saturated heterocycles. The molecule has 2 N–H and O–H groups in total. The van der Waals surface area contributed by atoms with Gasteiger partial charge in [-0.3, -0.25) is 0 Å². The summed E-state index contributed by atoms with van der Waals surface area (Å²) in [6.45, 7) is 3.53. The lowest BCUT2D eigenvalue weighted by Crippen LogP contribution is -2.11. The zero-order valence-electron chi connectivity index (χ0n) is 9.25. The van der Waals surface area contributed by atoms with Crippen LogP contribution < -0.4 is 5.73 Å². The second-order valence-electron chi connectivity index (χ2n) is 3.24. The van der Waals surface area contributed by atoms with Crippen LogP contribution in [-0.4, -0.2) is 19.4 Å². The van der Waals surface area contributed by atoms with Crippen LogP contribution in [0.15, 0.2) is 12.1 Å². The van der Waals surface area contributed by atoms with Crippen LogP contribution in [0.2, 0.25) is 0 Å². The molecule has 0 aliphatic rings. The average Bonchev–Trinajstić information content (AvgIpc) is 2.23.